The fraction of sp³-hybridized carbons (Fsp3) is 0.222. The van der Waals surface area contributed by atoms with Crippen LogP contribution in [0.5, 0.6) is 5.75 Å². The number of carbonyl (C=O) groups excluding carboxylic acids is 2. The molecule has 1 fully saturated rings. The second kappa shape index (κ2) is 7.67. The third-order valence-corrected chi connectivity index (χ3v) is 6.13. The van der Waals surface area contributed by atoms with E-state index < -0.39 is 16.0 Å². The van der Waals surface area contributed by atoms with Crippen LogP contribution in [0.3, 0.4) is 0 Å². The van der Waals surface area contributed by atoms with Crippen LogP contribution in [0.4, 0.5) is 0 Å². The highest BCUT2D eigenvalue weighted by Crippen LogP contribution is 2.24. The molecule has 3 rings (SSSR count). The summed E-state index contributed by atoms with van der Waals surface area (Å²) in [6, 6.07) is 10.4. The Morgan fingerprint density at radius 1 is 1.22 bits per heavy atom. The first-order chi connectivity index (χ1) is 12.8. The van der Waals surface area contributed by atoms with E-state index in [1.165, 1.54) is 24.3 Å². The van der Waals surface area contributed by atoms with E-state index in [2.05, 4.69) is 5.32 Å². The lowest BCUT2D eigenvalue weighted by Gasteiger charge is -2.26. The van der Waals surface area contributed by atoms with Gasteiger partial charge in [-0.1, -0.05) is 17.7 Å². The smallest absolute Gasteiger partial charge is 0.343 e. The minimum absolute atomic E-state index is 0.0699. The molecule has 0 bridgehead atoms. The van der Waals surface area contributed by atoms with E-state index in [0.29, 0.717) is 16.3 Å². The highest BCUT2D eigenvalue weighted by Gasteiger charge is 2.29. The second-order valence-corrected chi connectivity index (χ2v) is 8.39. The Balaban J connectivity index is 1.84. The molecular weight excluding hydrogens is 392 g/mol. The van der Waals surface area contributed by atoms with E-state index in [9.17, 15) is 18.0 Å². The Kier molecular flexibility index (Phi) is 5.50. The number of rotatable bonds is 4. The van der Waals surface area contributed by atoms with Gasteiger partial charge in [-0.2, -0.15) is 4.31 Å². The zero-order valence-electron chi connectivity index (χ0n) is 14.4. The van der Waals surface area contributed by atoms with Crippen molar-refractivity contribution in [1.82, 2.24) is 9.62 Å². The van der Waals surface area contributed by atoms with Gasteiger partial charge in [-0.15, -0.1) is 0 Å². The largest absolute Gasteiger partial charge is 0.423 e. The summed E-state index contributed by atoms with van der Waals surface area (Å²) >= 11 is 5.89. The van der Waals surface area contributed by atoms with E-state index in [4.69, 9.17) is 16.3 Å². The summed E-state index contributed by atoms with van der Waals surface area (Å²) in [6.45, 7) is 1.92. The molecule has 7 nitrogen and oxygen atoms in total. The lowest BCUT2D eigenvalue weighted by atomic mass is 10.2. The van der Waals surface area contributed by atoms with Crippen molar-refractivity contribution in [2.24, 2.45) is 0 Å². The quantitative estimate of drug-likeness (QED) is 0.617. The van der Waals surface area contributed by atoms with Crippen LogP contribution < -0.4 is 10.1 Å². The van der Waals surface area contributed by atoms with Crippen LogP contribution in [0.25, 0.3) is 0 Å². The van der Waals surface area contributed by atoms with Crippen molar-refractivity contribution in [3.63, 3.8) is 0 Å². The molecule has 0 aromatic heterocycles. The van der Waals surface area contributed by atoms with E-state index in [0.717, 1.165) is 4.31 Å². The van der Waals surface area contributed by atoms with Crippen molar-refractivity contribution in [2.75, 3.05) is 19.6 Å². The summed E-state index contributed by atoms with van der Waals surface area (Å²) in [5.41, 5.74) is 0.769. The first-order valence-corrected chi connectivity index (χ1v) is 9.94. The van der Waals surface area contributed by atoms with Crippen LogP contribution in [-0.4, -0.2) is 44.2 Å². The van der Waals surface area contributed by atoms with Gasteiger partial charge in [0, 0.05) is 18.1 Å². The zero-order chi connectivity index (χ0) is 19.6. The van der Waals surface area contributed by atoms with Gasteiger partial charge in [-0.05, 0) is 48.9 Å². The van der Waals surface area contributed by atoms with Crippen molar-refractivity contribution in [2.45, 2.75) is 11.8 Å². The molecule has 1 heterocycles. The predicted molar refractivity (Wildman–Crippen MR) is 99.4 cm³/mol. The Morgan fingerprint density at radius 3 is 2.70 bits per heavy atom. The number of nitrogens with zero attached hydrogens (tertiary/aromatic N) is 1. The van der Waals surface area contributed by atoms with Crippen LogP contribution in [0, 0.1) is 6.92 Å². The Bertz CT molecular complexity index is 1010. The molecule has 1 saturated heterocycles. The van der Waals surface area contributed by atoms with Crippen molar-refractivity contribution in [3.8, 4) is 5.75 Å². The molecule has 1 amide bonds. The molecule has 2 aromatic rings. The Labute approximate surface area is 161 Å². The number of carbonyl (C=O) groups is 2. The van der Waals surface area contributed by atoms with Crippen molar-refractivity contribution in [1.29, 1.82) is 0 Å². The molecule has 1 aliphatic rings. The fourth-order valence-corrected chi connectivity index (χ4v) is 4.31. The van der Waals surface area contributed by atoms with Crippen LogP contribution in [-0.2, 0) is 14.8 Å². The third-order valence-electron chi connectivity index (χ3n) is 4.05. The lowest BCUT2D eigenvalue weighted by molar-refractivity contribution is -0.122. The monoisotopic (exact) mass is 408 g/mol. The molecule has 1 N–H and O–H groups in total. The summed E-state index contributed by atoms with van der Waals surface area (Å²) in [5, 5.41) is 3.09. The minimum Gasteiger partial charge on any atom is -0.423 e. The van der Waals surface area contributed by atoms with Gasteiger partial charge >= 0.3 is 5.97 Å². The van der Waals surface area contributed by atoms with Gasteiger partial charge in [0.25, 0.3) is 0 Å². The maximum absolute atomic E-state index is 12.7. The number of amides is 1. The van der Waals surface area contributed by atoms with Gasteiger partial charge in [-0.3, -0.25) is 4.79 Å². The molecular formula is C18H17ClN2O5S. The number of benzene rings is 2. The van der Waals surface area contributed by atoms with Crippen LogP contribution in [0.2, 0.25) is 5.02 Å². The number of hydrogen-bond acceptors (Lipinski definition) is 5. The summed E-state index contributed by atoms with van der Waals surface area (Å²) in [5.74, 6) is -0.710. The number of ether oxygens (including phenoxy) is 1. The van der Waals surface area contributed by atoms with Gasteiger partial charge in [0.2, 0.25) is 15.9 Å². The van der Waals surface area contributed by atoms with Gasteiger partial charge < -0.3 is 10.1 Å². The number of halogens is 1. The van der Waals surface area contributed by atoms with Crippen molar-refractivity contribution < 1.29 is 22.7 Å². The van der Waals surface area contributed by atoms with Crippen LogP contribution in [0.15, 0.2) is 47.4 Å². The average Bonchev–Trinajstić information content (AvgIpc) is 2.64. The van der Waals surface area contributed by atoms with E-state index in [-0.39, 0.29) is 36.0 Å². The number of aryl methyl sites for hydroxylation is 1. The van der Waals surface area contributed by atoms with Crippen LogP contribution >= 0.6 is 11.6 Å². The maximum atomic E-state index is 12.7. The van der Waals surface area contributed by atoms with Gasteiger partial charge in [-0.25, -0.2) is 13.2 Å². The standard InChI is InChI=1S/C18H17ClN2O5S/c1-12-9-14(19)5-6-16(12)26-18(23)13-3-2-4-15(10-13)27(24,25)21-8-7-20-17(22)11-21/h2-6,9-10H,7-8,11H2,1H3,(H,20,22). The number of esters is 1. The molecule has 1 aliphatic heterocycles. The minimum atomic E-state index is -3.89. The van der Waals surface area contributed by atoms with Crippen LogP contribution in [0.1, 0.15) is 15.9 Å². The Hall–Kier alpha value is -2.42. The number of nitrogens with one attached hydrogen (secondary N) is 1. The molecule has 0 saturated carbocycles. The van der Waals surface area contributed by atoms with Crippen molar-refractivity contribution >= 4 is 33.5 Å². The normalized spacial score (nSPS) is 15.3. The van der Waals surface area contributed by atoms with E-state index in [1.807, 2.05) is 0 Å². The Morgan fingerprint density at radius 2 is 2.00 bits per heavy atom. The topological polar surface area (TPSA) is 92.8 Å². The molecule has 2 aromatic carbocycles. The SMILES string of the molecule is Cc1cc(Cl)ccc1OC(=O)c1cccc(S(=O)(=O)N2CCNC(=O)C2)c1. The summed E-state index contributed by atoms with van der Waals surface area (Å²) in [4.78, 5) is 23.8. The molecule has 0 aliphatic carbocycles. The van der Waals surface area contributed by atoms with Crippen molar-refractivity contribution in [3.05, 3.63) is 58.6 Å². The summed E-state index contributed by atoms with van der Waals surface area (Å²) in [6.07, 6.45) is 0. The lowest BCUT2D eigenvalue weighted by Crippen LogP contribution is -2.49. The van der Waals surface area contributed by atoms with Gasteiger partial charge in [0.1, 0.15) is 5.75 Å². The molecule has 9 heteroatoms. The maximum Gasteiger partial charge on any atom is 0.343 e. The third kappa shape index (κ3) is 4.29. The highest BCUT2D eigenvalue weighted by atomic mass is 35.5. The molecule has 142 valence electrons. The first kappa shape index (κ1) is 19.3. The number of piperazine rings is 1. The van der Waals surface area contributed by atoms with E-state index in [1.54, 1.807) is 25.1 Å². The number of hydrogen-bond donors (Lipinski definition) is 1. The molecule has 27 heavy (non-hydrogen) atoms. The molecule has 0 radical (unpaired) electrons. The van der Waals surface area contributed by atoms with Gasteiger partial charge in [0.05, 0.1) is 17.0 Å². The second-order valence-electron chi connectivity index (χ2n) is 6.02. The summed E-state index contributed by atoms with van der Waals surface area (Å²) < 4.78 is 31.9. The molecule has 0 spiro atoms. The van der Waals surface area contributed by atoms with Gasteiger partial charge in [0.15, 0.2) is 0 Å². The zero-order valence-corrected chi connectivity index (χ0v) is 16.0. The average molecular weight is 409 g/mol. The molecule has 0 atom stereocenters. The van der Waals surface area contributed by atoms with E-state index >= 15 is 0 Å². The summed E-state index contributed by atoms with van der Waals surface area (Å²) in [7, 11) is -3.89. The highest BCUT2D eigenvalue weighted by molar-refractivity contribution is 7.89. The fourth-order valence-electron chi connectivity index (χ4n) is 2.64. The predicted octanol–water partition coefficient (Wildman–Crippen LogP) is 1.99. The molecule has 0 unspecified atom stereocenters. The first-order valence-electron chi connectivity index (χ1n) is 8.12. The number of sulfonamides is 1.